The first-order valence-corrected chi connectivity index (χ1v) is 6.67. The van der Waals surface area contributed by atoms with E-state index >= 15 is 0 Å². The molecule has 0 saturated carbocycles. The molecule has 1 fully saturated rings. The van der Waals surface area contributed by atoms with Crippen LogP contribution in [0.5, 0.6) is 0 Å². The van der Waals surface area contributed by atoms with Gasteiger partial charge in [-0.3, -0.25) is 0 Å². The molecule has 0 radical (unpaired) electrons. The Kier molecular flexibility index (Phi) is 5.28. The Morgan fingerprint density at radius 2 is 1.62 bits per heavy atom. The summed E-state index contributed by atoms with van der Waals surface area (Å²) in [5.74, 6) is 0. The van der Waals surface area contributed by atoms with E-state index in [2.05, 4.69) is 0 Å². The number of hydrogen-bond donors (Lipinski definition) is 6. The molecule has 5 atom stereocenters. The lowest BCUT2D eigenvalue weighted by Gasteiger charge is -2.40. The second-order valence-corrected chi connectivity index (χ2v) is 5.10. The molecular weight excluding hydrogens is 280 g/mol. The monoisotopic (exact) mass is 300 g/mol. The summed E-state index contributed by atoms with van der Waals surface area (Å²) in [6.07, 6.45) is -6.36. The SMILES string of the molecule is OCc1ccc(CO)c([C@@H]2O[C@H](CO)[C@@H](O)[C@H](O)[C@H]2O)c1. The van der Waals surface area contributed by atoms with Crippen molar-refractivity contribution in [2.45, 2.75) is 43.7 Å². The summed E-state index contributed by atoms with van der Waals surface area (Å²) in [6, 6.07) is 4.76. The van der Waals surface area contributed by atoms with Crippen LogP contribution in [0, 0.1) is 0 Å². The van der Waals surface area contributed by atoms with E-state index in [1.807, 2.05) is 0 Å². The van der Waals surface area contributed by atoms with Crippen molar-refractivity contribution in [3.8, 4) is 0 Å². The smallest absolute Gasteiger partial charge is 0.113 e. The molecule has 7 nitrogen and oxygen atoms in total. The molecule has 1 aliphatic rings. The fourth-order valence-electron chi connectivity index (χ4n) is 2.51. The zero-order valence-corrected chi connectivity index (χ0v) is 11.3. The van der Waals surface area contributed by atoms with Gasteiger partial charge >= 0.3 is 0 Å². The summed E-state index contributed by atoms with van der Waals surface area (Å²) in [7, 11) is 0. The highest BCUT2D eigenvalue weighted by Crippen LogP contribution is 2.34. The molecule has 1 saturated heterocycles. The molecular formula is C14H20O7. The first-order valence-electron chi connectivity index (χ1n) is 6.67. The predicted octanol–water partition coefficient (Wildman–Crippen LogP) is -1.81. The third-order valence-electron chi connectivity index (χ3n) is 3.76. The van der Waals surface area contributed by atoms with Crippen molar-refractivity contribution >= 4 is 0 Å². The molecule has 0 unspecified atom stereocenters. The van der Waals surface area contributed by atoms with E-state index in [4.69, 9.17) is 4.74 Å². The number of ether oxygens (including phenoxy) is 1. The standard InChI is InChI=1S/C14H20O7/c15-4-7-1-2-8(5-16)9(3-7)14-13(20)12(19)11(18)10(6-17)21-14/h1-3,10-20H,4-6H2/t10-,11-,12+,13-,14+/m1/s1. The average molecular weight is 300 g/mol. The van der Waals surface area contributed by atoms with E-state index in [9.17, 15) is 30.6 Å². The van der Waals surface area contributed by atoms with E-state index in [0.717, 1.165) is 0 Å². The van der Waals surface area contributed by atoms with Crippen LogP contribution in [0.1, 0.15) is 22.8 Å². The van der Waals surface area contributed by atoms with Crippen molar-refractivity contribution in [2.24, 2.45) is 0 Å². The summed E-state index contributed by atoms with van der Waals surface area (Å²) in [6.45, 7) is -1.05. The third-order valence-corrected chi connectivity index (χ3v) is 3.76. The quantitative estimate of drug-likeness (QED) is 0.386. The van der Waals surface area contributed by atoms with Crippen molar-refractivity contribution < 1.29 is 35.4 Å². The summed E-state index contributed by atoms with van der Waals surface area (Å²) in [5.41, 5.74) is 1.43. The van der Waals surface area contributed by atoms with Gasteiger partial charge in [-0.1, -0.05) is 18.2 Å². The molecule has 7 heteroatoms. The first kappa shape index (κ1) is 16.3. The summed E-state index contributed by atoms with van der Waals surface area (Å²) in [5, 5.41) is 57.4. The second kappa shape index (κ2) is 6.80. The number of benzene rings is 1. The first-order chi connectivity index (χ1) is 10.0. The van der Waals surface area contributed by atoms with Gasteiger partial charge in [0.2, 0.25) is 0 Å². The van der Waals surface area contributed by atoms with Gasteiger partial charge in [-0.05, 0) is 16.7 Å². The number of aliphatic hydroxyl groups is 6. The van der Waals surface area contributed by atoms with Gasteiger partial charge in [-0.15, -0.1) is 0 Å². The summed E-state index contributed by atoms with van der Waals surface area (Å²) < 4.78 is 5.46. The maximum absolute atomic E-state index is 10.1. The van der Waals surface area contributed by atoms with Gasteiger partial charge in [0.25, 0.3) is 0 Å². The zero-order valence-electron chi connectivity index (χ0n) is 11.3. The molecule has 2 rings (SSSR count). The number of rotatable bonds is 4. The van der Waals surface area contributed by atoms with Crippen molar-refractivity contribution in [1.29, 1.82) is 0 Å². The van der Waals surface area contributed by atoms with Crippen LogP contribution in [-0.2, 0) is 18.0 Å². The molecule has 0 bridgehead atoms. The molecule has 0 aromatic heterocycles. The van der Waals surface area contributed by atoms with Crippen LogP contribution in [-0.4, -0.2) is 61.7 Å². The fraction of sp³-hybridized carbons (Fsp3) is 0.571. The highest BCUT2D eigenvalue weighted by atomic mass is 16.5. The van der Waals surface area contributed by atoms with Crippen LogP contribution in [0.3, 0.4) is 0 Å². The molecule has 1 heterocycles. The molecule has 1 aromatic carbocycles. The molecule has 6 N–H and O–H groups in total. The third kappa shape index (κ3) is 3.09. The Bertz CT molecular complexity index is 476. The van der Waals surface area contributed by atoms with Gasteiger partial charge in [0.15, 0.2) is 0 Å². The summed E-state index contributed by atoms with van der Waals surface area (Å²) >= 11 is 0. The minimum Gasteiger partial charge on any atom is -0.394 e. The van der Waals surface area contributed by atoms with E-state index in [-0.39, 0.29) is 13.2 Å². The molecule has 0 spiro atoms. The Morgan fingerprint density at radius 1 is 0.905 bits per heavy atom. The largest absolute Gasteiger partial charge is 0.394 e. The second-order valence-electron chi connectivity index (χ2n) is 5.10. The lowest BCUT2D eigenvalue weighted by Crippen LogP contribution is -2.55. The minimum atomic E-state index is -1.48. The Morgan fingerprint density at radius 3 is 2.19 bits per heavy atom. The maximum atomic E-state index is 10.1. The lowest BCUT2D eigenvalue weighted by molar-refractivity contribution is -0.232. The van der Waals surface area contributed by atoms with Gasteiger partial charge < -0.3 is 35.4 Å². The highest BCUT2D eigenvalue weighted by Gasteiger charge is 2.44. The number of aliphatic hydroxyl groups excluding tert-OH is 6. The number of hydrogen-bond acceptors (Lipinski definition) is 7. The van der Waals surface area contributed by atoms with Crippen molar-refractivity contribution in [3.05, 3.63) is 34.9 Å². The Balaban J connectivity index is 2.39. The molecule has 1 aromatic rings. The molecule has 21 heavy (non-hydrogen) atoms. The van der Waals surface area contributed by atoms with Crippen molar-refractivity contribution in [2.75, 3.05) is 6.61 Å². The molecule has 0 aliphatic carbocycles. The van der Waals surface area contributed by atoms with Crippen molar-refractivity contribution in [3.63, 3.8) is 0 Å². The van der Waals surface area contributed by atoms with Crippen LogP contribution in [0.2, 0.25) is 0 Å². The van der Waals surface area contributed by atoms with Gasteiger partial charge in [0, 0.05) is 0 Å². The van der Waals surface area contributed by atoms with E-state index in [1.165, 1.54) is 0 Å². The van der Waals surface area contributed by atoms with Crippen LogP contribution >= 0.6 is 0 Å². The van der Waals surface area contributed by atoms with Crippen LogP contribution < -0.4 is 0 Å². The minimum absolute atomic E-state index is 0.226. The van der Waals surface area contributed by atoms with Crippen LogP contribution in [0.4, 0.5) is 0 Å². The Labute approximate surface area is 121 Å². The fourth-order valence-corrected chi connectivity index (χ4v) is 2.51. The molecule has 0 amide bonds. The van der Waals surface area contributed by atoms with Gasteiger partial charge in [0.1, 0.15) is 30.5 Å². The summed E-state index contributed by atoms with van der Waals surface area (Å²) in [4.78, 5) is 0. The topological polar surface area (TPSA) is 131 Å². The zero-order chi connectivity index (χ0) is 15.6. The van der Waals surface area contributed by atoms with E-state index < -0.39 is 37.1 Å². The normalized spacial score (nSPS) is 33.1. The van der Waals surface area contributed by atoms with E-state index in [0.29, 0.717) is 16.7 Å². The lowest BCUT2D eigenvalue weighted by atomic mass is 9.88. The molecule has 1 aliphatic heterocycles. The predicted molar refractivity (Wildman–Crippen MR) is 71.0 cm³/mol. The maximum Gasteiger partial charge on any atom is 0.113 e. The van der Waals surface area contributed by atoms with Gasteiger partial charge in [-0.25, -0.2) is 0 Å². The van der Waals surface area contributed by atoms with Crippen LogP contribution in [0.25, 0.3) is 0 Å². The van der Waals surface area contributed by atoms with Gasteiger partial charge in [-0.2, -0.15) is 0 Å². The van der Waals surface area contributed by atoms with Crippen molar-refractivity contribution in [1.82, 2.24) is 0 Å². The van der Waals surface area contributed by atoms with Gasteiger partial charge in [0.05, 0.1) is 19.8 Å². The average Bonchev–Trinajstić information content (AvgIpc) is 2.52. The molecule has 118 valence electrons. The van der Waals surface area contributed by atoms with E-state index in [1.54, 1.807) is 18.2 Å². The van der Waals surface area contributed by atoms with Crippen LogP contribution in [0.15, 0.2) is 18.2 Å². The highest BCUT2D eigenvalue weighted by molar-refractivity contribution is 5.34. The Hall–Kier alpha value is -1.06.